The van der Waals surface area contributed by atoms with Gasteiger partial charge in [0.2, 0.25) is 15.9 Å². The lowest BCUT2D eigenvalue weighted by atomic mass is 10.0. The van der Waals surface area contributed by atoms with E-state index < -0.39 is 27.8 Å². The second kappa shape index (κ2) is 8.99. The Morgan fingerprint density at radius 1 is 1.04 bits per heavy atom. The van der Waals surface area contributed by atoms with Gasteiger partial charge in [0.25, 0.3) is 0 Å². The van der Waals surface area contributed by atoms with Gasteiger partial charge in [-0.25, -0.2) is 12.8 Å². The summed E-state index contributed by atoms with van der Waals surface area (Å²) in [5.41, 5.74) is 0.801. The van der Waals surface area contributed by atoms with Crippen LogP contribution in [0.2, 0.25) is 0 Å². The number of nitrogens with one attached hydrogen (secondary N) is 1. The minimum Gasteiger partial charge on any atom is -0.347 e. The fraction of sp³-hybridized carbons (Fsp3) is 0.350. The van der Waals surface area contributed by atoms with E-state index >= 15 is 0 Å². The van der Waals surface area contributed by atoms with Crippen molar-refractivity contribution >= 4 is 21.6 Å². The average molecular weight is 392 g/mol. The molecule has 2 atom stereocenters. The number of anilines is 1. The summed E-state index contributed by atoms with van der Waals surface area (Å²) < 4.78 is 39.9. The number of nitrogens with zero attached hydrogens (tertiary/aromatic N) is 1. The van der Waals surface area contributed by atoms with Crippen molar-refractivity contribution in [2.75, 3.05) is 10.6 Å². The molecular formula is C20H25FN2O3S. The van der Waals surface area contributed by atoms with Gasteiger partial charge >= 0.3 is 0 Å². The molecule has 7 heteroatoms. The van der Waals surface area contributed by atoms with Crippen LogP contribution in [0.3, 0.4) is 0 Å². The molecule has 27 heavy (non-hydrogen) atoms. The van der Waals surface area contributed by atoms with Crippen molar-refractivity contribution in [3.63, 3.8) is 0 Å². The lowest BCUT2D eigenvalue weighted by molar-refractivity contribution is -0.123. The highest BCUT2D eigenvalue weighted by Gasteiger charge is 2.33. The van der Waals surface area contributed by atoms with Crippen LogP contribution in [0.4, 0.5) is 10.1 Å². The Morgan fingerprint density at radius 3 is 2.15 bits per heavy atom. The predicted octanol–water partition coefficient (Wildman–Crippen LogP) is 3.64. The van der Waals surface area contributed by atoms with E-state index in [0.29, 0.717) is 6.42 Å². The number of halogens is 1. The van der Waals surface area contributed by atoms with Gasteiger partial charge < -0.3 is 5.32 Å². The number of carbonyl (C=O) groups excluding carboxylic acids is 1. The number of carbonyl (C=O) groups is 1. The Hall–Kier alpha value is -2.41. The third kappa shape index (κ3) is 5.07. The van der Waals surface area contributed by atoms with Crippen LogP contribution in [0.25, 0.3) is 0 Å². The highest BCUT2D eigenvalue weighted by atomic mass is 32.2. The summed E-state index contributed by atoms with van der Waals surface area (Å²) in [5, 5.41) is 2.91. The van der Waals surface area contributed by atoms with E-state index in [-0.39, 0.29) is 18.2 Å². The van der Waals surface area contributed by atoms with Gasteiger partial charge in [-0.15, -0.1) is 0 Å². The minimum atomic E-state index is -3.87. The molecule has 2 aromatic carbocycles. The Balaban J connectivity index is 2.36. The van der Waals surface area contributed by atoms with Gasteiger partial charge in [0.1, 0.15) is 11.9 Å². The molecule has 2 rings (SSSR count). The van der Waals surface area contributed by atoms with Crippen molar-refractivity contribution in [3.05, 3.63) is 66.0 Å². The molecule has 0 bridgehead atoms. The molecule has 146 valence electrons. The van der Waals surface area contributed by atoms with Gasteiger partial charge in [-0.3, -0.25) is 9.10 Å². The topological polar surface area (TPSA) is 66.5 Å². The normalized spacial score (nSPS) is 13.6. The summed E-state index contributed by atoms with van der Waals surface area (Å²) >= 11 is 0. The third-order valence-electron chi connectivity index (χ3n) is 4.35. The van der Waals surface area contributed by atoms with E-state index in [1.54, 1.807) is 13.0 Å². The highest BCUT2D eigenvalue weighted by Crippen LogP contribution is 2.26. The third-order valence-corrected chi connectivity index (χ3v) is 5.51. The SMILES string of the molecule is CCC(NC(=O)C(CC)N(c1ccccc1F)S(C)(=O)=O)c1ccccc1. The first-order valence-corrected chi connectivity index (χ1v) is 10.7. The summed E-state index contributed by atoms with van der Waals surface area (Å²) in [6.07, 6.45) is 1.83. The number of hydrogen-bond donors (Lipinski definition) is 1. The van der Waals surface area contributed by atoms with Crippen LogP contribution in [0, 0.1) is 5.82 Å². The number of rotatable bonds is 8. The number of benzene rings is 2. The second-order valence-electron chi connectivity index (χ2n) is 6.31. The Labute approximate surface area is 160 Å². The molecule has 0 heterocycles. The minimum absolute atomic E-state index is 0.130. The van der Waals surface area contributed by atoms with Gasteiger partial charge in [-0.2, -0.15) is 0 Å². The predicted molar refractivity (Wildman–Crippen MR) is 105 cm³/mol. The molecule has 0 saturated carbocycles. The fourth-order valence-corrected chi connectivity index (χ4v) is 4.25. The summed E-state index contributed by atoms with van der Waals surface area (Å²) in [5.74, 6) is -1.15. The Bertz CT molecular complexity index is 872. The lowest BCUT2D eigenvalue weighted by Crippen LogP contribution is -2.50. The second-order valence-corrected chi connectivity index (χ2v) is 8.17. The van der Waals surface area contributed by atoms with Crippen LogP contribution < -0.4 is 9.62 Å². The standard InChI is InChI=1S/C20H25FN2O3S/c1-4-17(15-11-7-6-8-12-15)22-20(24)18(5-2)23(27(3,25)26)19-14-10-9-13-16(19)21/h6-14,17-18H,4-5H2,1-3H3,(H,22,24). The molecular weight excluding hydrogens is 367 g/mol. The fourth-order valence-electron chi connectivity index (χ4n) is 3.04. The first-order valence-electron chi connectivity index (χ1n) is 8.88. The maximum atomic E-state index is 14.3. The van der Waals surface area contributed by atoms with Crippen LogP contribution in [0.15, 0.2) is 54.6 Å². The molecule has 1 N–H and O–H groups in total. The van der Waals surface area contributed by atoms with Crippen molar-refractivity contribution in [1.29, 1.82) is 0 Å². The van der Waals surface area contributed by atoms with Crippen molar-refractivity contribution in [1.82, 2.24) is 5.32 Å². The molecule has 0 fully saturated rings. The first kappa shape index (κ1) is 20.9. The molecule has 1 amide bonds. The maximum absolute atomic E-state index is 14.3. The zero-order chi connectivity index (χ0) is 20.0. The number of amides is 1. The van der Waals surface area contributed by atoms with Crippen LogP contribution in [-0.2, 0) is 14.8 Å². The molecule has 0 aliphatic rings. The maximum Gasteiger partial charge on any atom is 0.244 e. The zero-order valence-electron chi connectivity index (χ0n) is 15.7. The van der Waals surface area contributed by atoms with Crippen molar-refractivity contribution in [3.8, 4) is 0 Å². The van der Waals surface area contributed by atoms with E-state index in [9.17, 15) is 17.6 Å². The van der Waals surface area contributed by atoms with Gasteiger partial charge in [0.05, 0.1) is 18.0 Å². The van der Waals surface area contributed by atoms with Gasteiger partial charge in [-0.05, 0) is 30.5 Å². The lowest BCUT2D eigenvalue weighted by Gasteiger charge is -2.31. The van der Waals surface area contributed by atoms with Crippen LogP contribution in [0.1, 0.15) is 38.3 Å². The van der Waals surface area contributed by atoms with Crippen molar-refractivity contribution in [2.24, 2.45) is 0 Å². The Kier molecular flexibility index (Phi) is 6.96. The van der Waals surface area contributed by atoms with Crippen LogP contribution in [0.5, 0.6) is 0 Å². The molecule has 0 saturated heterocycles. The molecule has 5 nitrogen and oxygen atoms in total. The van der Waals surface area contributed by atoms with Gasteiger partial charge in [-0.1, -0.05) is 56.3 Å². The van der Waals surface area contributed by atoms with E-state index in [4.69, 9.17) is 0 Å². The quantitative estimate of drug-likeness (QED) is 0.746. The summed E-state index contributed by atoms with van der Waals surface area (Å²) in [7, 11) is -3.87. The van der Waals surface area contributed by atoms with Crippen LogP contribution in [-0.4, -0.2) is 26.6 Å². The van der Waals surface area contributed by atoms with E-state index in [0.717, 1.165) is 16.1 Å². The van der Waals surface area contributed by atoms with Crippen molar-refractivity contribution < 1.29 is 17.6 Å². The molecule has 2 aromatic rings. The van der Waals surface area contributed by atoms with Crippen molar-refractivity contribution in [2.45, 2.75) is 38.8 Å². The number of hydrogen-bond acceptors (Lipinski definition) is 3. The number of para-hydroxylation sites is 1. The molecule has 0 radical (unpaired) electrons. The summed E-state index contributed by atoms with van der Waals surface area (Å²) in [6, 6.07) is 13.7. The first-order chi connectivity index (χ1) is 12.8. The molecule has 0 aromatic heterocycles. The van der Waals surface area contributed by atoms with E-state index in [2.05, 4.69) is 5.32 Å². The Morgan fingerprint density at radius 2 is 1.63 bits per heavy atom. The molecule has 2 unspecified atom stereocenters. The van der Waals surface area contributed by atoms with Crippen LogP contribution >= 0.6 is 0 Å². The monoisotopic (exact) mass is 392 g/mol. The van der Waals surface area contributed by atoms with E-state index in [1.807, 2.05) is 37.3 Å². The zero-order valence-corrected chi connectivity index (χ0v) is 16.5. The van der Waals surface area contributed by atoms with E-state index in [1.165, 1.54) is 18.2 Å². The smallest absolute Gasteiger partial charge is 0.244 e. The largest absolute Gasteiger partial charge is 0.347 e. The molecule has 0 aliphatic heterocycles. The van der Waals surface area contributed by atoms with Gasteiger partial charge in [0, 0.05) is 0 Å². The summed E-state index contributed by atoms with van der Waals surface area (Å²) in [6.45, 7) is 3.64. The molecule has 0 spiro atoms. The van der Waals surface area contributed by atoms with Gasteiger partial charge in [0.15, 0.2) is 0 Å². The highest BCUT2D eigenvalue weighted by molar-refractivity contribution is 7.92. The average Bonchev–Trinajstić information content (AvgIpc) is 2.64. The number of sulfonamides is 1. The molecule has 0 aliphatic carbocycles. The summed E-state index contributed by atoms with van der Waals surface area (Å²) in [4.78, 5) is 12.9.